The van der Waals surface area contributed by atoms with Crippen LogP contribution in [0.3, 0.4) is 0 Å². The number of allylic oxidation sites excluding steroid dienone is 8. The number of carbonyl (C=O) groups is 4. The van der Waals surface area contributed by atoms with Crippen LogP contribution in [-0.2, 0) is 110 Å². The number of benzene rings is 11. The molecule has 4 radical (unpaired) electrons. The summed E-state index contributed by atoms with van der Waals surface area (Å²) in [6.45, 7) is 20.6. The summed E-state index contributed by atoms with van der Waals surface area (Å²) in [7, 11) is 0. The fourth-order valence-corrected chi connectivity index (χ4v) is 13.7. The Labute approximate surface area is 720 Å². The molecule has 0 fully saturated rings. The molecule has 0 saturated carbocycles. The number of pyridine rings is 4. The van der Waals surface area contributed by atoms with E-state index in [2.05, 4.69) is 250 Å². The summed E-state index contributed by atoms with van der Waals surface area (Å²) >= 11 is 0. The van der Waals surface area contributed by atoms with Gasteiger partial charge in [0.15, 0.2) is 23.1 Å². The largest absolute Gasteiger partial charge is 0.512 e. The molecule has 586 valence electrons. The van der Waals surface area contributed by atoms with E-state index in [1.165, 1.54) is 167 Å². The molecule has 2 aliphatic carbocycles. The molecule has 0 unspecified atom stereocenters. The molecule has 4 heterocycles. The van der Waals surface area contributed by atoms with Gasteiger partial charge in [-0.15, -0.1) is 123 Å². The Morgan fingerprint density at radius 3 is 1.14 bits per heavy atom. The Hall–Kier alpha value is -10.7. The molecule has 0 atom stereocenters. The molecular formula is C98H86Ir4N4O8-4. The molecule has 0 bridgehead atoms. The van der Waals surface area contributed by atoms with Crippen LogP contribution in [-0.4, -0.2) is 63.5 Å². The van der Waals surface area contributed by atoms with E-state index in [1.807, 2.05) is 67.3 Å². The zero-order chi connectivity index (χ0) is 78.8. The van der Waals surface area contributed by atoms with Crippen LogP contribution in [0.5, 0.6) is 0 Å². The van der Waals surface area contributed by atoms with Crippen LogP contribution in [0.4, 0.5) is 0 Å². The van der Waals surface area contributed by atoms with Gasteiger partial charge in [-0.3, -0.25) is 19.2 Å². The van der Waals surface area contributed by atoms with Crippen molar-refractivity contribution in [1.82, 2.24) is 19.9 Å². The zero-order valence-corrected chi connectivity index (χ0v) is 74.7. The van der Waals surface area contributed by atoms with Crippen molar-refractivity contribution in [3.8, 4) is 45.0 Å². The van der Waals surface area contributed by atoms with Crippen LogP contribution >= 0.6 is 0 Å². The fourth-order valence-electron chi connectivity index (χ4n) is 13.7. The van der Waals surface area contributed by atoms with E-state index in [-0.39, 0.29) is 137 Å². The molecule has 4 aromatic heterocycles. The molecule has 0 aliphatic heterocycles. The second kappa shape index (κ2) is 42.4. The van der Waals surface area contributed by atoms with Gasteiger partial charge in [-0.05, 0) is 132 Å². The first-order valence-electron chi connectivity index (χ1n) is 35.9. The summed E-state index contributed by atoms with van der Waals surface area (Å²) in [5, 5.41) is 50.6. The molecule has 0 amide bonds. The Balaban J connectivity index is 0.000000211. The van der Waals surface area contributed by atoms with Gasteiger partial charge in [0.1, 0.15) is 0 Å². The second-order valence-electron chi connectivity index (χ2n) is 27.8. The number of nitrogens with zero attached hydrogens (tertiary/aromatic N) is 4. The summed E-state index contributed by atoms with van der Waals surface area (Å²) in [4.78, 5) is 58.7. The zero-order valence-electron chi connectivity index (χ0n) is 65.1. The van der Waals surface area contributed by atoms with Crippen LogP contribution in [0, 0.1) is 24.3 Å². The number of aromatic nitrogens is 4. The molecule has 0 saturated heterocycles. The van der Waals surface area contributed by atoms with Gasteiger partial charge in [0.2, 0.25) is 0 Å². The van der Waals surface area contributed by atoms with Crippen LogP contribution < -0.4 is 0 Å². The second-order valence-corrected chi connectivity index (χ2v) is 27.8. The molecule has 4 N–H and O–H groups in total. The smallest absolute Gasteiger partial charge is 0.155 e. The predicted octanol–water partition coefficient (Wildman–Crippen LogP) is 23.7. The minimum absolute atomic E-state index is 0. The minimum atomic E-state index is -0.125. The van der Waals surface area contributed by atoms with Crippen molar-refractivity contribution >= 4 is 98.5 Å². The predicted molar refractivity (Wildman–Crippen MR) is 449 cm³/mol. The van der Waals surface area contributed by atoms with Crippen LogP contribution in [0.25, 0.3) is 120 Å². The number of aliphatic hydroxyl groups excluding tert-OH is 4. The monoisotopic (exact) mass is 2220 g/mol. The molecule has 11 aromatic carbocycles. The Morgan fingerprint density at radius 1 is 0.316 bits per heavy atom. The average molecular weight is 2220 g/mol. The maximum absolute atomic E-state index is 10.0. The maximum atomic E-state index is 10.0. The standard InChI is InChI=1S/C22H16N.2C19H12N.C18H14N.4C5H8O2.4Ir/c1-22(2)18-12-6-9-14-8-5-11-17(19(14)18)21-20(22)16-10-4-3-7-15(16)13-23-21;1-2-8-16-13-20-19(12-15(16)7-1)18-11-5-9-14-6-3-4-10-17(14)18;1-2-6-15-11-17(10-9-14(15)5-1)19-12-16-7-3-4-8-18(16)13-20-19;1-18(2)15-10-6-5-9-14(15)17-16(18)13-8-4-3-7-12(13)11-19-17;4*1-4(6)3-5(2)7;;;;/h3-10,12-13H,1-2H3;1-10,12-13H;1-9,11-13H;3-8,10-11H,1-2H3;4*3,6H,1-2H3;;;;/q4*-1;;;;;;;;. The molecule has 114 heavy (non-hydrogen) atoms. The molecule has 2 aliphatic rings. The van der Waals surface area contributed by atoms with E-state index in [4.69, 9.17) is 30.4 Å². The third-order valence-electron chi connectivity index (χ3n) is 18.2. The van der Waals surface area contributed by atoms with Gasteiger partial charge in [0.05, 0.1) is 23.0 Å². The van der Waals surface area contributed by atoms with Gasteiger partial charge in [0, 0.05) is 135 Å². The number of carbonyl (C=O) groups excluding carboxylic acids is 4. The average Bonchev–Trinajstić information content (AvgIpc) is 0.854. The topological polar surface area (TPSA) is 201 Å². The van der Waals surface area contributed by atoms with E-state index in [9.17, 15) is 19.2 Å². The van der Waals surface area contributed by atoms with E-state index >= 15 is 0 Å². The van der Waals surface area contributed by atoms with Gasteiger partial charge in [-0.1, -0.05) is 231 Å². The van der Waals surface area contributed by atoms with E-state index in [1.54, 1.807) is 0 Å². The van der Waals surface area contributed by atoms with Crippen molar-refractivity contribution in [2.45, 2.75) is 93.9 Å². The molecule has 17 rings (SSSR count). The minimum Gasteiger partial charge on any atom is -0.512 e. The van der Waals surface area contributed by atoms with Gasteiger partial charge in [-0.25, -0.2) is 0 Å². The van der Waals surface area contributed by atoms with Crippen molar-refractivity contribution < 1.29 is 120 Å². The van der Waals surface area contributed by atoms with Crippen molar-refractivity contribution in [2.75, 3.05) is 0 Å². The first-order chi connectivity index (χ1) is 52.7. The van der Waals surface area contributed by atoms with Crippen molar-refractivity contribution in [3.05, 3.63) is 349 Å². The molecule has 0 spiro atoms. The quantitative estimate of drug-likeness (QED) is 0.0698. The van der Waals surface area contributed by atoms with Gasteiger partial charge in [0.25, 0.3) is 0 Å². The number of rotatable bonds is 6. The van der Waals surface area contributed by atoms with Crippen LogP contribution in [0.1, 0.15) is 105 Å². The summed E-state index contributed by atoms with van der Waals surface area (Å²) in [5.41, 5.74) is 13.8. The first kappa shape index (κ1) is 92.1. The number of ketones is 4. The van der Waals surface area contributed by atoms with E-state index in [0.29, 0.717) is 0 Å². The molecule has 12 nitrogen and oxygen atoms in total. The molecular weight excluding hydrogens is 2130 g/mol. The fraction of sp³-hybridized carbons (Fsp3) is 0.143. The number of hydrogen-bond acceptors (Lipinski definition) is 12. The van der Waals surface area contributed by atoms with Crippen molar-refractivity contribution in [1.29, 1.82) is 0 Å². The molecule has 16 heteroatoms. The summed E-state index contributed by atoms with van der Waals surface area (Å²) < 4.78 is 0. The Morgan fingerprint density at radius 2 is 0.667 bits per heavy atom. The van der Waals surface area contributed by atoms with Gasteiger partial charge < -0.3 is 40.4 Å². The first-order valence-corrected chi connectivity index (χ1v) is 35.9. The number of fused-ring (bicyclic) bond motifs is 13. The summed E-state index contributed by atoms with van der Waals surface area (Å²) in [6, 6.07) is 93.2. The normalized spacial score (nSPS) is 12.2. The number of hydrogen-bond donors (Lipinski definition) is 4. The Bertz CT molecular complexity index is 5860. The third-order valence-corrected chi connectivity index (χ3v) is 18.2. The SMILES string of the molecule is CC(=O)C=C(C)O.CC(=O)C=C(C)O.CC(=O)C=C(C)O.CC(=O)C=C(C)O.CC1(C)c2c(ncc3ccccc23)-c2[c-]ccc3cccc1c23.CC1(C)c2ccc[c-]c2-c2ncc3ccccc3c21.[Ir].[Ir].[Ir].[Ir].[c-]1cc2ccccc2cc1-c1cc2ccccc2cn1.[c-]1ccc2ccccc2c1-c1cc2ccccc2cn1. The summed E-state index contributed by atoms with van der Waals surface area (Å²) in [5.74, 6) is -0.250. The third kappa shape index (κ3) is 23.3. The van der Waals surface area contributed by atoms with Gasteiger partial charge in [-0.2, -0.15) is 0 Å². The van der Waals surface area contributed by atoms with E-state index < -0.39 is 0 Å². The van der Waals surface area contributed by atoms with Crippen molar-refractivity contribution in [3.63, 3.8) is 0 Å². The van der Waals surface area contributed by atoms with Crippen LogP contribution in [0.15, 0.2) is 303 Å². The summed E-state index contributed by atoms with van der Waals surface area (Å²) in [6.07, 6.45) is 12.5. The maximum Gasteiger partial charge on any atom is 0.155 e. The van der Waals surface area contributed by atoms with Crippen molar-refractivity contribution in [2.24, 2.45) is 0 Å². The van der Waals surface area contributed by atoms with Gasteiger partial charge >= 0.3 is 0 Å². The van der Waals surface area contributed by atoms with Crippen LogP contribution in [0.2, 0.25) is 0 Å². The molecule has 15 aromatic rings. The Kier molecular flexibility index (Phi) is 34.3. The number of aliphatic hydroxyl groups is 4. The van der Waals surface area contributed by atoms with E-state index in [0.717, 1.165) is 55.8 Å².